The molecule has 1 aliphatic rings. The number of aliphatic hydroxyl groups is 4. The van der Waals surface area contributed by atoms with Crippen LogP contribution in [0.1, 0.15) is 66.3 Å². The van der Waals surface area contributed by atoms with Crippen LogP contribution in [-0.4, -0.2) is 69.6 Å². The maximum absolute atomic E-state index is 13.4. The molecule has 0 saturated carbocycles. The lowest BCUT2D eigenvalue weighted by atomic mass is 9.94. The van der Waals surface area contributed by atoms with Crippen molar-refractivity contribution < 1.29 is 30.0 Å². The third kappa shape index (κ3) is 11.2. The molecule has 1 heterocycles. The maximum Gasteiger partial charge on any atom is 0.223 e. The summed E-state index contributed by atoms with van der Waals surface area (Å²) in [6, 6.07) is 24.4. The first-order chi connectivity index (χ1) is 22.0. The number of aryl methyl sites for hydroxylation is 2. The van der Waals surface area contributed by atoms with E-state index in [1.165, 1.54) is 11.1 Å². The van der Waals surface area contributed by atoms with Crippen molar-refractivity contribution in [3.8, 4) is 5.75 Å². The fourth-order valence-corrected chi connectivity index (χ4v) is 6.26. The van der Waals surface area contributed by atoms with Gasteiger partial charge in [-0.1, -0.05) is 60.7 Å². The molecule has 45 heavy (non-hydrogen) atoms. The average molecular weight is 619 g/mol. The SMILES string of the molecule is O=C(NC(CCCc1ccccc1)CCCc1ccccc1)C1CCN(CC(O)COc2cc(CO)c(CO)c(CO)c2)CC1. The fraction of sp³-hybridized carbons (Fsp3) is 0.486. The Hall–Kier alpha value is -3.27. The van der Waals surface area contributed by atoms with Crippen molar-refractivity contribution in [1.29, 1.82) is 0 Å². The van der Waals surface area contributed by atoms with Crippen LogP contribution in [0.15, 0.2) is 72.8 Å². The van der Waals surface area contributed by atoms with E-state index >= 15 is 0 Å². The van der Waals surface area contributed by atoms with E-state index in [4.69, 9.17) is 4.74 Å². The summed E-state index contributed by atoms with van der Waals surface area (Å²) >= 11 is 0. The monoisotopic (exact) mass is 618 g/mol. The standard InChI is InChI=1S/C37H50N2O6/c40-24-31-21-35(22-32(25-41)36(31)26-42)45-27-34(43)23-39-19-17-30(18-20-39)37(44)38-33(15-7-13-28-9-3-1-4-10-28)16-8-14-29-11-5-2-6-12-29/h1-6,9-12,21-22,30,33-34,40-43H,7-8,13-20,23-27H2,(H,38,44). The van der Waals surface area contributed by atoms with E-state index in [2.05, 4.69) is 58.7 Å². The van der Waals surface area contributed by atoms with Gasteiger partial charge in [0.05, 0.1) is 19.8 Å². The summed E-state index contributed by atoms with van der Waals surface area (Å²) < 4.78 is 5.77. The lowest BCUT2D eigenvalue weighted by Crippen LogP contribution is -2.46. The molecule has 1 saturated heterocycles. The van der Waals surface area contributed by atoms with Gasteiger partial charge in [-0.25, -0.2) is 0 Å². The van der Waals surface area contributed by atoms with Crippen molar-refractivity contribution in [2.24, 2.45) is 5.92 Å². The molecule has 8 heteroatoms. The van der Waals surface area contributed by atoms with Gasteiger partial charge in [0, 0.05) is 18.5 Å². The highest BCUT2D eigenvalue weighted by Crippen LogP contribution is 2.24. The summed E-state index contributed by atoms with van der Waals surface area (Å²) in [4.78, 5) is 15.5. The molecule has 3 aromatic carbocycles. The second kappa shape index (κ2) is 18.6. The highest BCUT2D eigenvalue weighted by molar-refractivity contribution is 5.79. The highest BCUT2D eigenvalue weighted by Gasteiger charge is 2.27. The second-order valence-corrected chi connectivity index (χ2v) is 12.2. The average Bonchev–Trinajstić information content (AvgIpc) is 3.08. The zero-order valence-electron chi connectivity index (χ0n) is 26.3. The van der Waals surface area contributed by atoms with Crippen LogP contribution in [0.4, 0.5) is 0 Å². The van der Waals surface area contributed by atoms with Crippen molar-refractivity contribution in [2.75, 3.05) is 26.2 Å². The van der Waals surface area contributed by atoms with Crippen LogP contribution in [0.5, 0.6) is 5.75 Å². The van der Waals surface area contributed by atoms with E-state index in [-0.39, 0.29) is 44.3 Å². The molecule has 3 aromatic rings. The Morgan fingerprint density at radius 2 is 1.36 bits per heavy atom. The molecule has 1 aliphatic heterocycles. The largest absolute Gasteiger partial charge is 0.491 e. The molecule has 4 rings (SSSR count). The Kier molecular flexibility index (Phi) is 14.3. The van der Waals surface area contributed by atoms with Crippen LogP contribution < -0.4 is 10.1 Å². The number of amides is 1. The van der Waals surface area contributed by atoms with Crippen LogP contribution >= 0.6 is 0 Å². The number of rotatable bonds is 18. The summed E-state index contributed by atoms with van der Waals surface area (Å²) in [5.41, 5.74) is 4.13. The van der Waals surface area contributed by atoms with Crippen LogP contribution in [0.2, 0.25) is 0 Å². The number of carbonyl (C=O) groups is 1. The summed E-state index contributed by atoms with van der Waals surface area (Å²) in [6.07, 6.45) is 6.78. The third-order valence-electron chi connectivity index (χ3n) is 8.84. The van der Waals surface area contributed by atoms with Gasteiger partial charge in [-0.15, -0.1) is 0 Å². The molecule has 1 atom stereocenters. The summed E-state index contributed by atoms with van der Waals surface area (Å²) in [5.74, 6) is 0.546. The number of piperidine rings is 1. The topological polar surface area (TPSA) is 122 Å². The van der Waals surface area contributed by atoms with E-state index in [9.17, 15) is 25.2 Å². The molecule has 0 aromatic heterocycles. The smallest absolute Gasteiger partial charge is 0.223 e. The number of aliphatic hydroxyl groups excluding tert-OH is 4. The molecule has 5 N–H and O–H groups in total. The quantitative estimate of drug-likeness (QED) is 0.145. The van der Waals surface area contributed by atoms with Crippen LogP contribution in [0.3, 0.4) is 0 Å². The lowest BCUT2D eigenvalue weighted by Gasteiger charge is -2.33. The van der Waals surface area contributed by atoms with Crippen LogP contribution in [0.25, 0.3) is 0 Å². The molecular weight excluding hydrogens is 568 g/mol. The fourth-order valence-electron chi connectivity index (χ4n) is 6.26. The molecule has 1 unspecified atom stereocenters. The Labute approximate surface area is 267 Å². The van der Waals surface area contributed by atoms with Crippen LogP contribution in [-0.2, 0) is 37.5 Å². The molecule has 244 valence electrons. The number of β-amino-alcohol motifs (C(OH)–C–C–N with tert-alkyl or cyclic N) is 1. The first kappa shape index (κ1) is 34.6. The van der Waals surface area contributed by atoms with E-state index in [1.807, 2.05) is 12.1 Å². The number of ether oxygens (including phenoxy) is 1. The van der Waals surface area contributed by atoms with Gasteiger partial charge in [0.2, 0.25) is 5.91 Å². The third-order valence-corrected chi connectivity index (χ3v) is 8.84. The van der Waals surface area contributed by atoms with Crippen molar-refractivity contribution in [3.05, 3.63) is 101 Å². The normalized spacial score (nSPS) is 14.9. The lowest BCUT2D eigenvalue weighted by molar-refractivity contribution is -0.127. The van der Waals surface area contributed by atoms with Crippen molar-refractivity contribution in [3.63, 3.8) is 0 Å². The molecule has 0 aliphatic carbocycles. The zero-order chi connectivity index (χ0) is 31.9. The van der Waals surface area contributed by atoms with E-state index in [0.717, 1.165) is 64.5 Å². The number of benzene rings is 3. The Bertz CT molecular complexity index is 1210. The van der Waals surface area contributed by atoms with E-state index < -0.39 is 6.10 Å². The van der Waals surface area contributed by atoms with E-state index in [1.54, 1.807) is 12.1 Å². The molecule has 0 radical (unpaired) electrons. The molecule has 0 spiro atoms. The number of likely N-dealkylation sites (tertiary alicyclic amines) is 1. The van der Waals surface area contributed by atoms with Gasteiger partial charge in [0.15, 0.2) is 0 Å². The van der Waals surface area contributed by atoms with Gasteiger partial charge >= 0.3 is 0 Å². The minimum Gasteiger partial charge on any atom is -0.491 e. The number of hydrogen-bond donors (Lipinski definition) is 5. The first-order valence-electron chi connectivity index (χ1n) is 16.4. The van der Waals surface area contributed by atoms with Crippen molar-refractivity contribution in [2.45, 2.75) is 83.3 Å². The molecule has 8 nitrogen and oxygen atoms in total. The van der Waals surface area contributed by atoms with Gasteiger partial charge in [0.25, 0.3) is 0 Å². The van der Waals surface area contributed by atoms with Crippen LogP contribution in [0, 0.1) is 5.92 Å². The Balaban J connectivity index is 1.22. The molecule has 1 amide bonds. The Morgan fingerprint density at radius 3 is 1.84 bits per heavy atom. The van der Waals surface area contributed by atoms with Gasteiger partial charge in [-0.3, -0.25) is 4.79 Å². The number of nitrogens with one attached hydrogen (secondary N) is 1. The predicted molar refractivity (Wildman–Crippen MR) is 176 cm³/mol. The minimum absolute atomic E-state index is 0.0285. The maximum atomic E-state index is 13.4. The van der Waals surface area contributed by atoms with Crippen molar-refractivity contribution in [1.82, 2.24) is 10.2 Å². The molecular formula is C37H50N2O6. The second-order valence-electron chi connectivity index (χ2n) is 12.2. The number of hydrogen-bond acceptors (Lipinski definition) is 7. The van der Waals surface area contributed by atoms with Gasteiger partial charge in [-0.2, -0.15) is 0 Å². The first-order valence-corrected chi connectivity index (χ1v) is 16.4. The number of nitrogens with zero attached hydrogens (tertiary/aromatic N) is 1. The minimum atomic E-state index is -0.735. The van der Waals surface area contributed by atoms with E-state index in [0.29, 0.717) is 29.0 Å². The Morgan fingerprint density at radius 1 is 0.822 bits per heavy atom. The summed E-state index contributed by atoms with van der Waals surface area (Å²) in [6.45, 7) is 1.10. The summed E-state index contributed by atoms with van der Waals surface area (Å²) in [7, 11) is 0. The molecule has 0 bridgehead atoms. The number of carbonyl (C=O) groups excluding carboxylic acids is 1. The molecule has 1 fully saturated rings. The predicted octanol–water partition coefficient (Wildman–Crippen LogP) is 4.15. The highest BCUT2D eigenvalue weighted by atomic mass is 16.5. The van der Waals surface area contributed by atoms with Crippen molar-refractivity contribution >= 4 is 5.91 Å². The summed E-state index contributed by atoms with van der Waals surface area (Å²) in [5, 5.41) is 42.9. The van der Waals surface area contributed by atoms with Gasteiger partial charge in [0.1, 0.15) is 18.5 Å². The van der Waals surface area contributed by atoms with Gasteiger partial charge < -0.3 is 35.4 Å². The van der Waals surface area contributed by atoms with Gasteiger partial charge in [-0.05, 0) is 104 Å². The zero-order valence-corrected chi connectivity index (χ0v) is 26.3.